The maximum Gasteiger partial charge on any atom is 0.121 e. The first-order valence-electron chi connectivity index (χ1n) is 5.33. The van der Waals surface area contributed by atoms with Crippen LogP contribution in [-0.4, -0.2) is 43.6 Å². The SMILES string of the molecule is COCC1CCOC2(CCSCC2)N1. The third kappa shape index (κ3) is 2.42. The van der Waals surface area contributed by atoms with Crippen LogP contribution in [0.3, 0.4) is 0 Å². The molecule has 2 rings (SSSR count). The molecule has 1 atom stereocenters. The Morgan fingerprint density at radius 3 is 3.00 bits per heavy atom. The standard InChI is InChI=1S/C10H19NO2S/c1-12-8-9-2-5-13-10(11-9)3-6-14-7-4-10/h9,11H,2-8H2,1H3. The molecule has 14 heavy (non-hydrogen) atoms. The van der Waals surface area contributed by atoms with E-state index in [1.807, 2.05) is 11.8 Å². The van der Waals surface area contributed by atoms with Crippen molar-refractivity contribution in [3.8, 4) is 0 Å². The first-order chi connectivity index (χ1) is 6.85. The minimum absolute atomic E-state index is 0.0211. The molecule has 0 radical (unpaired) electrons. The number of nitrogens with one attached hydrogen (secondary N) is 1. The van der Waals surface area contributed by atoms with Gasteiger partial charge in [0.2, 0.25) is 0 Å². The smallest absolute Gasteiger partial charge is 0.121 e. The van der Waals surface area contributed by atoms with Crippen LogP contribution in [0.15, 0.2) is 0 Å². The maximum atomic E-state index is 5.90. The highest BCUT2D eigenvalue weighted by atomic mass is 32.2. The first-order valence-corrected chi connectivity index (χ1v) is 6.48. The van der Waals surface area contributed by atoms with Crippen LogP contribution in [0.4, 0.5) is 0 Å². The van der Waals surface area contributed by atoms with Gasteiger partial charge in [0.25, 0.3) is 0 Å². The third-order valence-electron chi connectivity index (χ3n) is 2.98. The minimum Gasteiger partial charge on any atom is -0.383 e. The molecule has 0 aromatic carbocycles. The summed E-state index contributed by atoms with van der Waals surface area (Å²) in [5, 5.41) is 3.61. The summed E-state index contributed by atoms with van der Waals surface area (Å²) in [4.78, 5) is 0. The van der Waals surface area contributed by atoms with E-state index in [9.17, 15) is 0 Å². The van der Waals surface area contributed by atoms with Crippen LogP contribution in [0.5, 0.6) is 0 Å². The molecule has 1 spiro atoms. The maximum absolute atomic E-state index is 5.90. The third-order valence-corrected chi connectivity index (χ3v) is 3.97. The Morgan fingerprint density at radius 1 is 1.50 bits per heavy atom. The van der Waals surface area contributed by atoms with E-state index in [1.54, 1.807) is 7.11 Å². The highest BCUT2D eigenvalue weighted by Crippen LogP contribution is 2.31. The van der Waals surface area contributed by atoms with Crippen molar-refractivity contribution >= 4 is 11.8 Å². The van der Waals surface area contributed by atoms with E-state index >= 15 is 0 Å². The summed E-state index contributed by atoms with van der Waals surface area (Å²) in [6.45, 7) is 1.68. The Kier molecular flexibility index (Phi) is 3.71. The molecule has 2 saturated heterocycles. The number of ether oxygens (including phenoxy) is 2. The highest BCUT2D eigenvalue weighted by molar-refractivity contribution is 7.99. The van der Waals surface area contributed by atoms with Crippen LogP contribution in [0.2, 0.25) is 0 Å². The van der Waals surface area contributed by atoms with Gasteiger partial charge in [-0.25, -0.2) is 0 Å². The Labute approximate surface area is 89.9 Å². The second-order valence-corrected chi connectivity index (χ2v) is 5.27. The molecule has 0 aromatic rings. The number of hydrogen-bond acceptors (Lipinski definition) is 4. The molecular weight excluding hydrogens is 198 g/mol. The molecule has 0 amide bonds. The van der Waals surface area contributed by atoms with Crippen LogP contribution in [0, 0.1) is 0 Å². The van der Waals surface area contributed by atoms with Crippen molar-refractivity contribution < 1.29 is 9.47 Å². The van der Waals surface area contributed by atoms with Gasteiger partial charge in [0.05, 0.1) is 13.2 Å². The summed E-state index contributed by atoms with van der Waals surface area (Å²) in [5.74, 6) is 2.43. The van der Waals surface area contributed by atoms with Gasteiger partial charge in [-0.3, -0.25) is 5.32 Å². The number of methoxy groups -OCH3 is 1. The predicted octanol–water partition coefficient (Wildman–Crippen LogP) is 1.23. The van der Waals surface area contributed by atoms with Gasteiger partial charge in [0, 0.05) is 13.2 Å². The lowest BCUT2D eigenvalue weighted by atomic mass is 10.0. The van der Waals surface area contributed by atoms with E-state index in [2.05, 4.69) is 5.32 Å². The fourth-order valence-corrected chi connectivity index (χ4v) is 3.35. The van der Waals surface area contributed by atoms with Crippen molar-refractivity contribution in [2.75, 3.05) is 31.8 Å². The van der Waals surface area contributed by atoms with Gasteiger partial charge in [-0.05, 0) is 30.8 Å². The Bertz CT molecular complexity index is 175. The summed E-state index contributed by atoms with van der Waals surface area (Å²) in [7, 11) is 1.76. The van der Waals surface area contributed by atoms with Crippen LogP contribution in [0.1, 0.15) is 19.3 Å². The first kappa shape index (κ1) is 10.7. The second kappa shape index (κ2) is 4.84. The Balaban J connectivity index is 1.91. The molecule has 0 aromatic heterocycles. The number of rotatable bonds is 2. The zero-order chi connectivity index (χ0) is 9.86. The van der Waals surface area contributed by atoms with Crippen LogP contribution in [0.25, 0.3) is 0 Å². The lowest BCUT2D eigenvalue weighted by molar-refractivity contribution is -0.121. The zero-order valence-corrected chi connectivity index (χ0v) is 9.57. The lowest BCUT2D eigenvalue weighted by Crippen LogP contribution is -2.59. The van der Waals surface area contributed by atoms with Crippen molar-refractivity contribution in [3.63, 3.8) is 0 Å². The fraction of sp³-hybridized carbons (Fsp3) is 1.00. The van der Waals surface area contributed by atoms with E-state index in [-0.39, 0.29) is 5.72 Å². The largest absolute Gasteiger partial charge is 0.383 e. The monoisotopic (exact) mass is 217 g/mol. The second-order valence-electron chi connectivity index (χ2n) is 4.04. The van der Waals surface area contributed by atoms with Crippen molar-refractivity contribution in [3.05, 3.63) is 0 Å². The summed E-state index contributed by atoms with van der Waals surface area (Å²) in [6.07, 6.45) is 3.35. The van der Waals surface area contributed by atoms with Crippen LogP contribution < -0.4 is 5.32 Å². The summed E-state index contributed by atoms with van der Waals surface area (Å²) >= 11 is 2.03. The lowest BCUT2D eigenvalue weighted by Gasteiger charge is -2.44. The topological polar surface area (TPSA) is 30.5 Å². The number of hydrogen-bond donors (Lipinski definition) is 1. The summed E-state index contributed by atoms with van der Waals surface area (Å²) < 4.78 is 11.1. The van der Waals surface area contributed by atoms with Gasteiger partial charge >= 0.3 is 0 Å². The molecule has 1 unspecified atom stereocenters. The molecule has 2 heterocycles. The van der Waals surface area contributed by atoms with E-state index in [1.165, 1.54) is 11.5 Å². The summed E-state index contributed by atoms with van der Waals surface area (Å²) in [6, 6.07) is 0.483. The molecule has 0 bridgehead atoms. The van der Waals surface area contributed by atoms with Crippen molar-refractivity contribution in [1.82, 2.24) is 5.32 Å². The van der Waals surface area contributed by atoms with E-state index < -0.39 is 0 Å². The fourth-order valence-electron chi connectivity index (χ4n) is 2.20. The summed E-state index contributed by atoms with van der Waals surface area (Å²) in [5.41, 5.74) is -0.0211. The quantitative estimate of drug-likeness (QED) is 0.754. The van der Waals surface area contributed by atoms with Gasteiger partial charge in [-0.15, -0.1) is 0 Å². The van der Waals surface area contributed by atoms with Gasteiger partial charge in [0.1, 0.15) is 5.72 Å². The molecule has 2 fully saturated rings. The predicted molar refractivity (Wildman–Crippen MR) is 58.7 cm³/mol. The average Bonchev–Trinajstić information content (AvgIpc) is 2.19. The van der Waals surface area contributed by atoms with E-state index in [0.29, 0.717) is 6.04 Å². The van der Waals surface area contributed by atoms with Crippen LogP contribution >= 0.6 is 11.8 Å². The average molecular weight is 217 g/mol. The molecule has 2 aliphatic rings. The van der Waals surface area contributed by atoms with Gasteiger partial charge in [-0.2, -0.15) is 11.8 Å². The van der Waals surface area contributed by atoms with Gasteiger partial charge in [-0.1, -0.05) is 0 Å². The molecule has 0 aliphatic carbocycles. The zero-order valence-electron chi connectivity index (χ0n) is 8.75. The van der Waals surface area contributed by atoms with Crippen molar-refractivity contribution in [2.45, 2.75) is 31.0 Å². The Hall–Kier alpha value is 0.230. The minimum atomic E-state index is -0.0211. The molecule has 82 valence electrons. The molecule has 3 nitrogen and oxygen atoms in total. The van der Waals surface area contributed by atoms with Gasteiger partial charge < -0.3 is 9.47 Å². The van der Waals surface area contributed by atoms with Gasteiger partial charge in [0.15, 0.2) is 0 Å². The number of thioether (sulfide) groups is 1. The van der Waals surface area contributed by atoms with E-state index in [4.69, 9.17) is 9.47 Å². The highest BCUT2D eigenvalue weighted by Gasteiger charge is 2.37. The van der Waals surface area contributed by atoms with Crippen molar-refractivity contribution in [1.29, 1.82) is 0 Å². The normalized spacial score (nSPS) is 31.9. The molecule has 2 aliphatic heterocycles. The molecular formula is C10H19NO2S. The Morgan fingerprint density at radius 2 is 2.29 bits per heavy atom. The van der Waals surface area contributed by atoms with Crippen LogP contribution in [-0.2, 0) is 9.47 Å². The molecule has 4 heteroatoms. The molecule has 0 saturated carbocycles. The molecule has 1 N–H and O–H groups in total. The van der Waals surface area contributed by atoms with E-state index in [0.717, 1.165) is 32.5 Å². The van der Waals surface area contributed by atoms with Crippen molar-refractivity contribution in [2.24, 2.45) is 0 Å².